The number of carbonyl (C=O) groups excluding carboxylic acids is 1. The zero-order valence-electron chi connectivity index (χ0n) is 14.0. The van der Waals surface area contributed by atoms with E-state index in [1.807, 2.05) is 29.2 Å². The highest BCUT2D eigenvalue weighted by atomic mass is 35.5. The molecule has 2 aliphatic rings. The van der Waals surface area contributed by atoms with Crippen molar-refractivity contribution in [2.24, 2.45) is 0 Å². The molecule has 0 saturated carbocycles. The van der Waals surface area contributed by atoms with Gasteiger partial charge in [0, 0.05) is 31.1 Å². The fourth-order valence-corrected chi connectivity index (χ4v) is 3.85. The van der Waals surface area contributed by atoms with Gasteiger partial charge in [-0.15, -0.1) is 0 Å². The monoisotopic (exact) mass is 346 g/mol. The first kappa shape index (κ1) is 17.1. The van der Waals surface area contributed by atoms with Crippen LogP contribution in [0.15, 0.2) is 24.3 Å². The van der Waals surface area contributed by atoms with Crippen molar-refractivity contribution in [2.75, 3.05) is 19.6 Å². The van der Waals surface area contributed by atoms with Gasteiger partial charge in [0.2, 0.25) is 5.91 Å². The average Bonchev–Trinajstić information content (AvgIpc) is 3.16. The van der Waals surface area contributed by atoms with Gasteiger partial charge in [-0.2, -0.15) is 5.26 Å². The van der Waals surface area contributed by atoms with Gasteiger partial charge in [0.25, 0.3) is 0 Å². The third-order valence-electron chi connectivity index (χ3n) is 4.92. The quantitative estimate of drug-likeness (QED) is 0.768. The van der Waals surface area contributed by atoms with E-state index in [0.29, 0.717) is 18.0 Å². The molecule has 2 heterocycles. The summed E-state index contributed by atoms with van der Waals surface area (Å²) in [6.07, 6.45) is 5.98. The lowest BCUT2D eigenvalue weighted by molar-refractivity contribution is -0.129. The largest absolute Gasteiger partial charge is 0.336 e. The molecule has 2 atom stereocenters. The number of unbranched alkanes of at least 4 members (excludes halogenated alkanes) is 1. The number of hydrogen-bond acceptors (Lipinski definition) is 4. The molecule has 24 heavy (non-hydrogen) atoms. The topological polar surface area (TPSA) is 50.6 Å². The van der Waals surface area contributed by atoms with Crippen molar-refractivity contribution >= 4 is 17.5 Å². The Kier molecular flexibility index (Phi) is 5.27. The number of carbonyl (C=O) groups is 1. The molecule has 2 fully saturated rings. The molecule has 0 spiro atoms. The molecule has 0 N–H and O–H groups in total. The van der Waals surface area contributed by atoms with Crippen LogP contribution in [0.2, 0.25) is 5.02 Å². The van der Waals surface area contributed by atoms with E-state index >= 15 is 0 Å². The van der Waals surface area contributed by atoms with Crippen LogP contribution in [0.3, 0.4) is 0 Å². The van der Waals surface area contributed by atoms with Gasteiger partial charge >= 0.3 is 0 Å². The highest BCUT2D eigenvalue weighted by Gasteiger charge is 2.45. The standard InChI is InChI=1S/C18H23ClN4O/c1-2-3-10-21-12-16(22-11-4-5-17(22)24)18(23(21)13-20)14-6-8-15(19)9-7-14/h6-9,16,18H,2-5,10-12H2,1H3. The van der Waals surface area contributed by atoms with E-state index in [2.05, 4.69) is 18.1 Å². The Morgan fingerprint density at radius 3 is 2.67 bits per heavy atom. The minimum absolute atomic E-state index is 0.0117. The zero-order chi connectivity index (χ0) is 17.1. The van der Waals surface area contributed by atoms with Crippen LogP contribution in [0.1, 0.15) is 44.2 Å². The van der Waals surface area contributed by atoms with Crippen LogP contribution in [-0.2, 0) is 4.79 Å². The number of nitriles is 1. The van der Waals surface area contributed by atoms with Gasteiger partial charge in [-0.25, -0.2) is 10.0 Å². The number of hydrazine groups is 1. The van der Waals surface area contributed by atoms with Crippen LogP contribution in [0.5, 0.6) is 0 Å². The van der Waals surface area contributed by atoms with Gasteiger partial charge in [-0.1, -0.05) is 37.1 Å². The minimum atomic E-state index is -0.133. The predicted octanol–water partition coefficient (Wildman–Crippen LogP) is 3.19. The normalized spacial score (nSPS) is 24.6. The zero-order valence-corrected chi connectivity index (χ0v) is 14.7. The fraction of sp³-hybridized carbons (Fsp3) is 0.556. The average molecular weight is 347 g/mol. The van der Waals surface area contributed by atoms with E-state index in [-0.39, 0.29) is 18.0 Å². The Labute approximate surface area is 148 Å². The van der Waals surface area contributed by atoms with Gasteiger partial charge in [0.05, 0.1) is 6.04 Å². The molecule has 1 aromatic rings. The molecule has 2 unspecified atom stereocenters. The van der Waals surface area contributed by atoms with Crippen molar-refractivity contribution in [2.45, 2.75) is 44.7 Å². The highest BCUT2D eigenvalue weighted by Crippen LogP contribution is 2.37. The predicted molar refractivity (Wildman–Crippen MR) is 92.9 cm³/mol. The first-order valence-electron chi connectivity index (χ1n) is 8.64. The van der Waals surface area contributed by atoms with Gasteiger partial charge in [-0.3, -0.25) is 4.79 Å². The minimum Gasteiger partial charge on any atom is -0.336 e. The van der Waals surface area contributed by atoms with E-state index in [4.69, 9.17) is 11.6 Å². The van der Waals surface area contributed by atoms with Crippen molar-refractivity contribution in [1.82, 2.24) is 14.9 Å². The van der Waals surface area contributed by atoms with E-state index in [1.54, 1.807) is 5.01 Å². The molecule has 128 valence electrons. The first-order chi connectivity index (χ1) is 11.7. The summed E-state index contributed by atoms with van der Waals surface area (Å²) < 4.78 is 0. The third kappa shape index (κ3) is 3.22. The van der Waals surface area contributed by atoms with Gasteiger partial charge in [0.1, 0.15) is 6.04 Å². The summed E-state index contributed by atoms with van der Waals surface area (Å²) in [6.45, 7) is 4.48. The lowest BCUT2D eigenvalue weighted by atomic mass is 9.99. The first-order valence-corrected chi connectivity index (χ1v) is 9.02. The number of amides is 1. The van der Waals surface area contributed by atoms with Crippen LogP contribution in [0.25, 0.3) is 0 Å². The number of nitrogens with zero attached hydrogens (tertiary/aromatic N) is 4. The summed E-state index contributed by atoms with van der Waals surface area (Å²) in [4.78, 5) is 14.3. The Hall–Kier alpha value is -1.77. The number of halogens is 1. The number of likely N-dealkylation sites (tertiary alicyclic amines) is 1. The van der Waals surface area contributed by atoms with Crippen molar-refractivity contribution in [3.63, 3.8) is 0 Å². The lowest BCUT2D eigenvalue weighted by Gasteiger charge is -2.30. The van der Waals surface area contributed by atoms with Crippen molar-refractivity contribution in [3.8, 4) is 6.19 Å². The van der Waals surface area contributed by atoms with E-state index in [1.165, 1.54) is 0 Å². The van der Waals surface area contributed by atoms with E-state index in [9.17, 15) is 10.1 Å². The SMILES string of the molecule is CCCCN1CC(N2CCCC2=O)C(c2ccc(Cl)cc2)N1C#N. The Morgan fingerprint density at radius 2 is 2.08 bits per heavy atom. The molecule has 3 rings (SSSR count). The Bertz CT molecular complexity index is 627. The molecule has 0 bridgehead atoms. The van der Waals surface area contributed by atoms with Crippen LogP contribution < -0.4 is 0 Å². The van der Waals surface area contributed by atoms with Crippen LogP contribution >= 0.6 is 11.6 Å². The molecule has 1 amide bonds. The molecule has 6 heteroatoms. The number of benzene rings is 1. The Morgan fingerprint density at radius 1 is 1.33 bits per heavy atom. The van der Waals surface area contributed by atoms with E-state index < -0.39 is 0 Å². The molecule has 1 aromatic carbocycles. The van der Waals surface area contributed by atoms with Crippen LogP contribution in [0, 0.1) is 11.5 Å². The Balaban J connectivity index is 1.93. The smallest absolute Gasteiger partial charge is 0.223 e. The molecular formula is C18H23ClN4O. The summed E-state index contributed by atoms with van der Waals surface area (Å²) in [5.74, 6) is 0.203. The molecule has 0 aromatic heterocycles. The van der Waals surface area contributed by atoms with Gasteiger partial charge in [0.15, 0.2) is 6.19 Å². The fourth-order valence-electron chi connectivity index (χ4n) is 3.72. The molecule has 2 aliphatic heterocycles. The molecule has 2 saturated heterocycles. The van der Waals surface area contributed by atoms with Gasteiger partial charge in [-0.05, 0) is 30.5 Å². The summed E-state index contributed by atoms with van der Waals surface area (Å²) >= 11 is 6.02. The van der Waals surface area contributed by atoms with Crippen molar-refractivity contribution in [3.05, 3.63) is 34.9 Å². The second-order valence-electron chi connectivity index (χ2n) is 6.47. The molecular weight excluding hydrogens is 324 g/mol. The lowest BCUT2D eigenvalue weighted by Crippen LogP contribution is -2.41. The number of rotatable bonds is 5. The highest BCUT2D eigenvalue weighted by molar-refractivity contribution is 6.30. The molecule has 0 aliphatic carbocycles. The summed E-state index contributed by atoms with van der Waals surface area (Å²) in [5, 5.41) is 14.3. The second-order valence-corrected chi connectivity index (χ2v) is 6.90. The van der Waals surface area contributed by atoms with Crippen molar-refractivity contribution < 1.29 is 4.79 Å². The molecule has 5 nitrogen and oxygen atoms in total. The van der Waals surface area contributed by atoms with Gasteiger partial charge < -0.3 is 4.90 Å². The third-order valence-corrected chi connectivity index (χ3v) is 5.18. The van der Waals surface area contributed by atoms with E-state index in [0.717, 1.165) is 37.9 Å². The summed E-state index contributed by atoms with van der Waals surface area (Å²) in [6, 6.07) is 7.51. The van der Waals surface area contributed by atoms with Crippen LogP contribution in [0.4, 0.5) is 0 Å². The maximum atomic E-state index is 12.3. The van der Waals surface area contributed by atoms with Crippen molar-refractivity contribution in [1.29, 1.82) is 5.26 Å². The second kappa shape index (κ2) is 7.42. The summed E-state index contributed by atoms with van der Waals surface area (Å²) in [5.41, 5.74) is 1.03. The van der Waals surface area contributed by atoms with Crippen LogP contribution in [-0.4, -0.2) is 46.5 Å². The molecule has 0 radical (unpaired) electrons. The summed E-state index contributed by atoms with van der Waals surface area (Å²) in [7, 11) is 0. The number of hydrogen-bond donors (Lipinski definition) is 0. The maximum absolute atomic E-state index is 12.3. The maximum Gasteiger partial charge on any atom is 0.223 e.